The van der Waals surface area contributed by atoms with Crippen molar-refractivity contribution < 1.29 is 4.79 Å². The van der Waals surface area contributed by atoms with Gasteiger partial charge in [0.25, 0.3) is 0 Å². The van der Waals surface area contributed by atoms with Crippen molar-refractivity contribution in [1.29, 1.82) is 0 Å². The number of hydrogen-bond acceptors (Lipinski definition) is 2. The lowest BCUT2D eigenvalue weighted by Gasteiger charge is -2.41. The minimum Gasteiger partial charge on any atom is -0.335 e. The number of carbonyl (C=O) groups is 1. The molecule has 0 aliphatic heterocycles. The minimum absolute atomic E-state index is 0.0746. The molecule has 2 saturated carbocycles. The van der Waals surface area contributed by atoms with E-state index in [1.807, 2.05) is 0 Å². The first-order valence-electron chi connectivity index (χ1n) is 8.50. The van der Waals surface area contributed by atoms with Crippen LogP contribution in [0.25, 0.3) is 0 Å². The zero-order valence-electron chi connectivity index (χ0n) is 13.0. The summed E-state index contributed by atoms with van der Waals surface area (Å²) in [6.45, 7) is 3.57. The van der Waals surface area contributed by atoms with E-state index < -0.39 is 0 Å². The topological polar surface area (TPSA) is 58.4 Å². The van der Waals surface area contributed by atoms with E-state index in [9.17, 15) is 4.79 Å². The first-order valence-corrected chi connectivity index (χ1v) is 8.50. The van der Waals surface area contributed by atoms with Crippen LogP contribution in [0.4, 0.5) is 4.79 Å². The van der Waals surface area contributed by atoms with E-state index in [-0.39, 0.29) is 11.6 Å². The summed E-state index contributed by atoms with van der Waals surface area (Å²) in [5.41, 5.74) is 5.97. The predicted octanol–water partition coefficient (Wildman–Crippen LogP) is 3.01. The van der Waals surface area contributed by atoms with Gasteiger partial charge in [0.1, 0.15) is 0 Å². The van der Waals surface area contributed by atoms with Crippen molar-refractivity contribution in [2.75, 3.05) is 13.1 Å². The van der Waals surface area contributed by atoms with Crippen LogP contribution in [0.15, 0.2) is 0 Å². The van der Waals surface area contributed by atoms with Gasteiger partial charge in [-0.2, -0.15) is 0 Å². The number of urea groups is 1. The van der Waals surface area contributed by atoms with Crippen LogP contribution >= 0.6 is 0 Å². The molecule has 0 heterocycles. The van der Waals surface area contributed by atoms with Gasteiger partial charge in [-0.1, -0.05) is 39.0 Å². The fourth-order valence-corrected chi connectivity index (χ4v) is 3.89. The van der Waals surface area contributed by atoms with Crippen LogP contribution in [-0.2, 0) is 0 Å². The first kappa shape index (κ1) is 15.6. The molecule has 0 aromatic carbocycles. The largest absolute Gasteiger partial charge is 0.335 e. The maximum Gasteiger partial charge on any atom is 0.318 e. The Morgan fingerprint density at radius 3 is 2.40 bits per heavy atom. The molecule has 0 radical (unpaired) electrons. The van der Waals surface area contributed by atoms with Gasteiger partial charge < -0.3 is 16.0 Å². The molecule has 0 saturated heterocycles. The van der Waals surface area contributed by atoms with Crippen LogP contribution in [-0.4, -0.2) is 35.6 Å². The van der Waals surface area contributed by atoms with Crippen molar-refractivity contribution in [3.8, 4) is 0 Å². The average Bonchev–Trinajstić information content (AvgIpc) is 2.95. The molecule has 2 aliphatic rings. The predicted molar refractivity (Wildman–Crippen MR) is 82.7 cm³/mol. The quantitative estimate of drug-likeness (QED) is 0.814. The van der Waals surface area contributed by atoms with E-state index in [2.05, 4.69) is 17.1 Å². The molecule has 0 spiro atoms. The summed E-state index contributed by atoms with van der Waals surface area (Å²) in [5, 5.41) is 3.27. The smallest absolute Gasteiger partial charge is 0.318 e. The summed E-state index contributed by atoms with van der Waals surface area (Å²) >= 11 is 0. The summed E-state index contributed by atoms with van der Waals surface area (Å²) in [6, 6.07) is 0.512. The number of nitrogens with one attached hydrogen (secondary N) is 1. The molecule has 2 fully saturated rings. The molecule has 0 aromatic heterocycles. The Kier molecular flexibility index (Phi) is 5.70. The molecule has 4 nitrogen and oxygen atoms in total. The van der Waals surface area contributed by atoms with Crippen LogP contribution in [0.2, 0.25) is 0 Å². The van der Waals surface area contributed by atoms with Crippen LogP contribution < -0.4 is 11.1 Å². The normalized spacial score (nSPS) is 22.7. The van der Waals surface area contributed by atoms with E-state index in [1.165, 1.54) is 32.1 Å². The second-order valence-corrected chi connectivity index (χ2v) is 6.57. The third kappa shape index (κ3) is 3.46. The van der Waals surface area contributed by atoms with Crippen molar-refractivity contribution in [1.82, 2.24) is 10.2 Å². The Bertz CT molecular complexity index is 307. The number of nitrogens with two attached hydrogens (primary N) is 1. The Balaban J connectivity index is 2.00. The summed E-state index contributed by atoms with van der Waals surface area (Å²) in [5.74, 6) is 0. The maximum absolute atomic E-state index is 12.7. The molecular formula is C16H31N3O. The number of amides is 2. The van der Waals surface area contributed by atoms with Gasteiger partial charge in [0, 0.05) is 19.1 Å². The Labute approximate surface area is 123 Å². The van der Waals surface area contributed by atoms with Gasteiger partial charge in [-0.15, -0.1) is 0 Å². The highest BCUT2D eigenvalue weighted by atomic mass is 16.2. The maximum atomic E-state index is 12.7. The average molecular weight is 281 g/mol. The molecule has 2 aliphatic carbocycles. The summed E-state index contributed by atoms with van der Waals surface area (Å²) in [4.78, 5) is 14.8. The second kappa shape index (κ2) is 7.30. The highest BCUT2D eigenvalue weighted by Crippen LogP contribution is 2.35. The lowest BCUT2D eigenvalue weighted by molar-refractivity contribution is 0.115. The molecule has 0 bridgehead atoms. The molecular weight excluding hydrogens is 250 g/mol. The third-order valence-corrected chi connectivity index (χ3v) is 5.11. The van der Waals surface area contributed by atoms with Gasteiger partial charge in [-0.25, -0.2) is 4.79 Å². The monoisotopic (exact) mass is 281 g/mol. The summed E-state index contributed by atoms with van der Waals surface area (Å²) in [7, 11) is 0. The van der Waals surface area contributed by atoms with E-state index in [4.69, 9.17) is 5.73 Å². The van der Waals surface area contributed by atoms with Gasteiger partial charge in [-0.05, 0) is 32.1 Å². The zero-order chi connectivity index (χ0) is 14.4. The van der Waals surface area contributed by atoms with Crippen molar-refractivity contribution >= 4 is 6.03 Å². The molecule has 3 N–H and O–H groups in total. The van der Waals surface area contributed by atoms with E-state index in [0.29, 0.717) is 12.6 Å². The summed E-state index contributed by atoms with van der Waals surface area (Å²) in [6.07, 6.45) is 11.6. The molecule has 2 amide bonds. The number of rotatable bonds is 5. The van der Waals surface area contributed by atoms with Gasteiger partial charge in [-0.3, -0.25) is 0 Å². The van der Waals surface area contributed by atoms with E-state index >= 15 is 0 Å². The number of carbonyl (C=O) groups excluding carboxylic acids is 1. The van der Waals surface area contributed by atoms with Gasteiger partial charge in [0.2, 0.25) is 0 Å². The van der Waals surface area contributed by atoms with E-state index in [1.54, 1.807) is 0 Å². The van der Waals surface area contributed by atoms with Gasteiger partial charge >= 0.3 is 6.03 Å². The van der Waals surface area contributed by atoms with Crippen LogP contribution in [0.1, 0.15) is 71.1 Å². The number of hydrogen-bond donors (Lipinski definition) is 2. The molecule has 20 heavy (non-hydrogen) atoms. The second-order valence-electron chi connectivity index (χ2n) is 6.57. The molecule has 0 unspecified atom stereocenters. The fourth-order valence-electron chi connectivity index (χ4n) is 3.89. The van der Waals surface area contributed by atoms with Crippen molar-refractivity contribution in [3.05, 3.63) is 0 Å². The Hall–Kier alpha value is -0.770. The lowest BCUT2D eigenvalue weighted by Crippen LogP contribution is -2.59. The van der Waals surface area contributed by atoms with Crippen molar-refractivity contribution in [2.45, 2.75) is 82.7 Å². The highest BCUT2D eigenvalue weighted by Gasteiger charge is 2.41. The van der Waals surface area contributed by atoms with Crippen molar-refractivity contribution in [2.24, 2.45) is 5.73 Å². The van der Waals surface area contributed by atoms with Crippen molar-refractivity contribution in [3.63, 3.8) is 0 Å². The van der Waals surface area contributed by atoms with Crippen LogP contribution in [0.5, 0.6) is 0 Å². The fraction of sp³-hybridized carbons (Fsp3) is 0.938. The van der Waals surface area contributed by atoms with E-state index in [0.717, 1.165) is 38.6 Å². The molecule has 116 valence electrons. The molecule has 0 aromatic rings. The molecule has 2 rings (SSSR count). The zero-order valence-corrected chi connectivity index (χ0v) is 13.0. The SMILES string of the molecule is CCCN(C(=O)NC1CCCCC1)C1(CN)CCCC1. The highest BCUT2D eigenvalue weighted by molar-refractivity contribution is 5.75. The third-order valence-electron chi connectivity index (χ3n) is 5.11. The lowest BCUT2D eigenvalue weighted by atomic mass is 9.94. The van der Waals surface area contributed by atoms with Crippen LogP contribution in [0.3, 0.4) is 0 Å². The first-order chi connectivity index (χ1) is 9.72. The van der Waals surface area contributed by atoms with Gasteiger partial charge in [0.15, 0.2) is 0 Å². The molecule has 4 heteroatoms. The Morgan fingerprint density at radius 2 is 1.85 bits per heavy atom. The van der Waals surface area contributed by atoms with Crippen LogP contribution in [0, 0.1) is 0 Å². The standard InChI is InChI=1S/C16H31N3O/c1-2-12-19(16(13-17)10-6-7-11-16)15(20)18-14-8-4-3-5-9-14/h14H,2-13,17H2,1H3,(H,18,20). The molecule has 0 atom stereocenters. The summed E-state index contributed by atoms with van der Waals surface area (Å²) < 4.78 is 0. The Morgan fingerprint density at radius 1 is 1.20 bits per heavy atom. The van der Waals surface area contributed by atoms with Gasteiger partial charge in [0.05, 0.1) is 5.54 Å². The number of nitrogens with zero attached hydrogens (tertiary/aromatic N) is 1. The minimum atomic E-state index is -0.0746.